The predicted molar refractivity (Wildman–Crippen MR) is 122 cm³/mol. The number of unbranched alkanes of at least 4 members (excludes halogenated alkanes) is 1. The fourth-order valence-electron chi connectivity index (χ4n) is 3.63. The minimum Gasteiger partial charge on any atom is -0.356 e. The van der Waals surface area contributed by atoms with Crippen LogP contribution in [0.2, 0.25) is 5.02 Å². The maximum atomic E-state index is 12.9. The zero-order chi connectivity index (χ0) is 22.2. The molecule has 0 spiro atoms. The van der Waals surface area contributed by atoms with Crippen molar-refractivity contribution >= 4 is 35.0 Å². The minimum absolute atomic E-state index is 0.0311. The van der Waals surface area contributed by atoms with Gasteiger partial charge in [0.15, 0.2) is 0 Å². The Bertz CT molecular complexity index is 930. The van der Waals surface area contributed by atoms with Crippen molar-refractivity contribution < 1.29 is 14.4 Å². The monoisotopic (exact) mass is 441 g/mol. The molecule has 1 aliphatic rings. The molecule has 0 saturated carbocycles. The SMILES string of the molecule is CCCCNC(=O)[C@@H]1CCCN(C(=O)c2ccc(NC(=O)c3ccccc3Cl)cc2)C1. The van der Waals surface area contributed by atoms with Crippen LogP contribution in [0.3, 0.4) is 0 Å². The number of halogens is 1. The summed E-state index contributed by atoms with van der Waals surface area (Å²) < 4.78 is 0. The van der Waals surface area contributed by atoms with Crippen molar-refractivity contribution in [3.63, 3.8) is 0 Å². The fraction of sp³-hybridized carbons (Fsp3) is 0.375. The topological polar surface area (TPSA) is 78.5 Å². The lowest BCUT2D eigenvalue weighted by Gasteiger charge is -2.32. The summed E-state index contributed by atoms with van der Waals surface area (Å²) in [6.45, 7) is 3.84. The third-order valence-corrected chi connectivity index (χ3v) is 5.75. The van der Waals surface area contributed by atoms with Gasteiger partial charge in [0.05, 0.1) is 16.5 Å². The molecule has 6 nitrogen and oxygen atoms in total. The van der Waals surface area contributed by atoms with Gasteiger partial charge in [-0.2, -0.15) is 0 Å². The molecule has 1 fully saturated rings. The number of nitrogens with zero attached hydrogens (tertiary/aromatic N) is 1. The predicted octanol–water partition coefficient (Wildman–Crippen LogP) is 4.36. The van der Waals surface area contributed by atoms with Crippen LogP contribution in [0, 0.1) is 5.92 Å². The van der Waals surface area contributed by atoms with Crippen molar-refractivity contribution in [2.24, 2.45) is 5.92 Å². The molecule has 31 heavy (non-hydrogen) atoms. The van der Waals surface area contributed by atoms with Gasteiger partial charge in [0, 0.05) is 30.9 Å². The number of carbonyl (C=O) groups excluding carboxylic acids is 3. The third kappa shape index (κ3) is 6.07. The van der Waals surface area contributed by atoms with E-state index in [0.29, 0.717) is 41.5 Å². The first-order chi connectivity index (χ1) is 15.0. The zero-order valence-electron chi connectivity index (χ0n) is 17.7. The summed E-state index contributed by atoms with van der Waals surface area (Å²) in [4.78, 5) is 39.4. The number of piperidine rings is 1. The molecule has 7 heteroatoms. The number of anilines is 1. The molecule has 2 aromatic carbocycles. The number of nitrogens with one attached hydrogen (secondary N) is 2. The highest BCUT2D eigenvalue weighted by molar-refractivity contribution is 6.34. The highest BCUT2D eigenvalue weighted by Gasteiger charge is 2.28. The second-order valence-electron chi connectivity index (χ2n) is 7.75. The van der Waals surface area contributed by atoms with Gasteiger partial charge < -0.3 is 15.5 Å². The van der Waals surface area contributed by atoms with E-state index in [4.69, 9.17) is 11.6 Å². The van der Waals surface area contributed by atoms with Gasteiger partial charge in [-0.15, -0.1) is 0 Å². The number of hydrogen-bond acceptors (Lipinski definition) is 3. The van der Waals surface area contributed by atoms with E-state index in [1.807, 2.05) is 0 Å². The van der Waals surface area contributed by atoms with Gasteiger partial charge in [-0.1, -0.05) is 37.1 Å². The van der Waals surface area contributed by atoms with Crippen LogP contribution in [-0.4, -0.2) is 42.3 Å². The molecule has 3 amide bonds. The van der Waals surface area contributed by atoms with Crippen LogP contribution in [0.5, 0.6) is 0 Å². The Balaban J connectivity index is 1.59. The maximum Gasteiger partial charge on any atom is 0.257 e. The molecule has 1 aliphatic heterocycles. The van der Waals surface area contributed by atoms with Crippen molar-refractivity contribution in [2.75, 3.05) is 25.0 Å². The largest absolute Gasteiger partial charge is 0.356 e. The Morgan fingerprint density at radius 2 is 1.84 bits per heavy atom. The third-order valence-electron chi connectivity index (χ3n) is 5.42. The number of amides is 3. The molecule has 3 rings (SSSR count). The Labute approximate surface area is 188 Å². The average molecular weight is 442 g/mol. The first-order valence-corrected chi connectivity index (χ1v) is 11.1. The van der Waals surface area contributed by atoms with Gasteiger partial charge in [-0.25, -0.2) is 0 Å². The number of carbonyl (C=O) groups is 3. The van der Waals surface area contributed by atoms with Crippen LogP contribution < -0.4 is 10.6 Å². The summed E-state index contributed by atoms with van der Waals surface area (Å²) in [5.41, 5.74) is 1.50. The van der Waals surface area contributed by atoms with E-state index in [9.17, 15) is 14.4 Å². The molecular formula is C24H28ClN3O3. The Morgan fingerprint density at radius 3 is 2.55 bits per heavy atom. The maximum absolute atomic E-state index is 12.9. The zero-order valence-corrected chi connectivity index (χ0v) is 18.5. The van der Waals surface area contributed by atoms with Crippen LogP contribution >= 0.6 is 11.6 Å². The van der Waals surface area contributed by atoms with Crippen LogP contribution in [0.25, 0.3) is 0 Å². The molecule has 0 aromatic heterocycles. The number of hydrogen-bond donors (Lipinski definition) is 2. The summed E-state index contributed by atoms with van der Waals surface area (Å²) in [5.74, 6) is -0.542. The molecule has 1 atom stereocenters. The first kappa shape index (κ1) is 22.8. The normalized spacial score (nSPS) is 15.9. The highest BCUT2D eigenvalue weighted by Crippen LogP contribution is 2.21. The van der Waals surface area contributed by atoms with Gasteiger partial charge >= 0.3 is 0 Å². The smallest absolute Gasteiger partial charge is 0.257 e. The van der Waals surface area contributed by atoms with E-state index >= 15 is 0 Å². The summed E-state index contributed by atoms with van der Waals surface area (Å²) in [7, 11) is 0. The van der Waals surface area contributed by atoms with E-state index < -0.39 is 0 Å². The van der Waals surface area contributed by atoms with Crippen molar-refractivity contribution in [3.8, 4) is 0 Å². The Kier molecular flexibility index (Phi) is 8.06. The van der Waals surface area contributed by atoms with Crippen molar-refractivity contribution in [3.05, 3.63) is 64.7 Å². The van der Waals surface area contributed by atoms with Gasteiger partial charge in [0.1, 0.15) is 0 Å². The number of benzene rings is 2. The number of rotatable bonds is 7. The van der Waals surface area contributed by atoms with Gasteiger partial charge in [-0.3, -0.25) is 14.4 Å². The van der Waals surface area contributed by atoms with Gasteiger partial charge in [0.25, 0.3) is 11.8 Å². The van der Waals surface area contributed by atoms with E-state index in [1.165, 1.54) is 0 Å². The average Bonchev–Trinajstić information content (AvgIpc) is 2.79. The Morgan fingerprint density at radius 1 is 1.10 bits per heavy atom. The second kappa shape index (κ2) is 11.0. The molecule has 0 aliphatic carbocycles. The van der Waals surface area contributed by atoms with Crippen molar-refractivity contribution in [2.45, 2.75) is 32.6 Å². The minimum atomic E-state index is -0.308. The lowest BCUT2D eigenvalue weighted by Crippen LogP contribution is -2.45. The molecule has 0 bridgehead atoms. The van der Waals surface area contributed by atoms with Crippen LogP contribution in [0.15, 0.2) is 48.5 Å². The Hall–Kier alpha value is -2.86. The van der Waals surface area contributed by atoms with E-state index in [-0.39, 0.29) is 23.6 Å². The van der Waals surface area contributed by atoms with E-state index in [0.717, 1.165) is 25.7 Å². The first-order valence-electron chi connectivity index (χ1n) is 10.7. The summed E-state index contributed by atoms with van der Waals surface area (Å²) in [6.07, 6.45) is 3.60. The summed E-state index contributed by atoms with van der Waals surface area (Å²) >= 11 is 6.07. The summed E-state index contributed by atoms with van der Waals surface area (Å²) in [5, 5.41) is 6.14. The molecule has 0 unspecified atom stereocenters. The van der Waals surface area contributed by atoms with Crippen LogP contribution in [0.1, 0.15) is 53.3 Å². The number of likely N-dealkylation sites (tertiary alicyclic amines) is 1. The molecule has 1 saturated heterocycles. The van der Waals surface area contributed by atoms with Gasteiger partial charge in [-0.05, 0) is 55.7 Å². The molecule has 0 radical (unpaired) electrons. The standard InChI is InChI=1S/C24H28ClN3O3/c1-2-3-14-26-22(29)18-7-6-15-28(16-18)24(31)17-10-12-19(13-11-17)27-23(30)20-8-4-5-9-21(20)25/h4-5,8-13,18H,2-3,6-7,14-16H2,1H3,(H,26,29)(H,27,30)/t18-/m1/s1. The summed E-state index contributed by atoms with van der Waals surface area (Å²) in [6, 6.07) is 13.6. The quantitative estimate of drug-likeness (QED) is 0.626. The molecule has 2 N–H and O–H groups in total. The molecule has 2 aromatic rings. The lowest BCUT2D eigenvalue weighted by molar-refractivity contribution is -0.126. The lowest BCUT2D eigenvalue weighted by atomic mass is 9.96. The molecule has 164 valence electrons. The van der Waals surface area contributed by atoms with Gasteiger partial charge in [0.2, 0.25) is 5.91 Å². The van der Waals surface area contributed by atoms with E-state index in [2.05, 4.69) is 17.6 Å². The highest BCUT2D eigenvalue weighted by atomic mass is 35.5. The van der Waals surface area contributed by atoms with Crippen molar-refractivity contribution in [1.29, 1.82) is 0 Å². The fourth-order valence-corrected chi connectivity index (χ4v) is 3.85. The molecule has 1 heterocycles. The van der Waals surface area contributed by atoms with E-state index in [1.54, 1.807) is 53.4 Å². The van der Waals surface area contributed by atoms with Crippen LogP contribution in [-0.2, 0) is 4.79 Å². The second-order valence-corrected chi connectivity index (χ2v) is 8.15. The van der Waals surface area contributed by atoms with Crippen molar-refractivity contribution in [1.82, 2.24) is 10.2 Å². The van der Waals surface area contributed by atoms with Crippen LogP contribution in [0.4, 0.5) is 5.69 Å². The molecular weight excluding hydrogens is 414 g/mol.